The lowest BCUT2D eigenvalue weighted by Gasteiger charge is -1.93. The summed E-state index contributed by atoms with van der Waals surface area (Å²) in [5, 5.41) is 11.1. The zero-order chi connectivity index (χ0) is 7.40. The second-order valence-corrected chi connectivity index (χ2v) is 1.77. The van der Waals surface area contributed by atoms with Crippen molar-refractivity contribution in [1.29, 1.82) is 0 Å². The molecule has 3 nitrogen and oxygen atoms in total. The van der Waals surface area contributed by atoms with E-state index in [1.807, 2.05) is 18.3 Å². The first-order chi connectivity index (χ1) is 4.88. The molecule has 0 unspecified atom stereocenters. The lowest BCUT2D eigenvalue weighted by Crippen LogP contribution is -1.89. The van der Waals surface area contributed by atoms with Gasteiger partial charge in [0.25, 0.3) is 0 Å². The summed E-state index contributed by atoms with van der Waals surface area (Å²) >= 11 is 0. The van der Waals surface area contributed by atoms with Gasteiger partial charge in [0.15, 0.2) is 0 Å². The van der Waals surface area contributed by atoms with E-state index < -0.39 is 0 Å². The van der Waals surface area contributed by atoms with Gasteiger partial charge in [-0.3, -0.25) is 0 Å². The van der Waals surface area contributed by atoms with Crippen molar-refractivity contribution in [1.82, 2.24) is 4.57 Å². The first-order valence-electron chi connectivity index (χ1n) is 2.85. The molecule has 0 saturated carbocycles. The van der Waals surface area contributed by atoms with E-state index in [4.69, 9.17) is 5.21 Å². The number of nitrogens with zero attached hydrogens (tertiary/aromatic N) is 2. The molecule has 0 aliphatic carbocycles. The molecule has 10 heavy (non-hydrogen) atoms. The fourth-order valence-electron chi connectivity index (χ4n) is 0.742. The van der Waals surface area contributed by atoms with Crippen LogP contribution in [0.4, 0.5) is 0 Å². The van der Waals surface area contributed by atoms with Gasteiger partial charge >= 0.3 is 0 Å². The van der Waals surface area contributed by atoms with Gasteiger partial charge in [0.05, 0.1) is 11.9 Å². The van der Waals surface area contributed by atoms with E-state index in [0.29, 0.717) is 0 Å². The van der Waals surface area contributed by atoms with Gasteiger partial charge in [-0.2, -0.15) is 0 Å². The van der Waals surface area contributed by atoms with Crippen LogP contribution in [0, 0.1) is 0 Å². The molecule has 0 aliphatic heterocycles. The molecule has 1 rings (SSSR count). The van der Waals surface area contributed by atoms with Gasteiger partial charge in [-0.05, 0) is 12.1 Å². The van der Waals surface area contributed by atoms with E-state index in [1.165, 1.54) is 6.21 Å². The van der Waals surface area contributed by atoms with Crippen LogP contribution in [0.15, 0.2) is 30.1 Å². The molecule has 1 aromatic rings. The molecule has 0 amide bonds. The molecule has 1 aromatic heterocycles. The van der Waals surface area contributed by atoms with Crippen molar-refractivity contribution in [3.8, 4) is 0 Å². The fourth-order valence-corrected chi connectivity index (χ4v) is 0.742. The predicted molar refractivity (Wildman–Crippen MR) is 40.2 cm³/mol. The third kappa shape index (κ3) is 1.07. The Kier molecular flexibility index (Phi) is 1.89. The van der Waals surface area contributed by atoms with Gasteiger partial charge in [0, 0.05) is 12.4 Å². The maximum absolute atomic E-state index is 8.18. The predicted octanol–water partition coefficient (Wildman–Crippen LogP) is 1.40. The maximum atomic E-state index is 8.18. The standard InChI is InChI=1S/C7H8N2O/c1-2-9-5-3-4-7(9)6-8-10/h2-6,10H,1H2. The summed E-state index contributed by atoms with van der Waals surface area (Å²) in [6.45, 7) is 3.57. The topological polar surface area (TPSA) is 37.5 Å². The highest BCUT2D eigenvalue weighted by atomic mass is 16.4. The van der Waals surface area contributed by atoms with Crippen molar-refractivity contribution >= 4 is 12.4 Å². The average Bonchev–Trinajstić information content (AvgIpc) is 2.36. The Morgan fingerprint density at radius 3 is 3.10 bits per heavy atom. The van der Waals surface area contributed by atoms with E-state index in [2.05, 4.69) is 11.7 Å². The van der Waals surface area contributed by atoms with Gasteiger partial charge in [-0.15, -0.1) is 0 Å². The van der Waals surface area contributed by atoms with Crippen LogP contribution in [0.25, 0.3) is 6.20 Å². The van der Waals surface area contributed by atoms with Crippen LogP contribution in [-0.2, 0) is 0 Å². The number of rotatable bonds is 2. The quantitative estimate of drug-likeness (QED) is 0.372. The van der Waals surface area contributed by atoms with E-state index in [0.717, 1.165) is 5.69 Å². The molecular formula is C7H8N2O. The largest absolute Gasteiger partial charge is 0.411 e. The van der Waals surface area contributed by atoms with Gasteiger partial charge < -0.3 is 9.77 Å². The van der Waals surface area contributed by atoms with Crippen LogP contribution in [-0.4, -0.2) is 16.0 Å². The monoisotopic (exact) mass is 136 g/mol. The third-order valence-electron chi connectivity index (χ3n) is 1.20. The zero-order valence-electron chi connectivity index (χ0n) is 5.44. The molecule has 0 spiro atoms. The Morgan fingerprint density at radius 1 is 1.70 bits per heavy atom. The highest BCUT2D eigenvalue weighted by Gasteiger charge is 1.90. The normalized spacial score (nSPS) is 10.4. The van der Waals surface area contributed by atoms with Gasteiger partial charge in [0.1, 0.15) is 0 Å². The lowest BCUT2D eigenvalue weighted by molar-refractivity contribution is 0.321. The van der Waals surface area contributed by atoms with Crippen molar-refractivity contribution < 1.29 is 5.21 Å². The Labute approximate surface area is 58.9 Å². The summed E-state index contributed by atoms with van der Waals surface area (Å²) < 4.78 is 1.75. The molecule has 3 heteroatoms. The molecule has 0 aromatic carbocycles. The molecule has 52 valence electrons. The molecule has 0 aliphatic rings. The van der Waals surface area contributed by atoms with Crippen LogP contribution in [0.5, 0.6) is 0 Å². The SMILES string of the molecule is C=Cn1cccc1C=NO. The molecule has 0 saturated heterocycles. The van der Waals surface area contributed by atoms with Gasteiger partial charge in [0.2, 0.25) is 0 Å². The number of hydrogen-bond donors (Lipinski definition) is 1. The molecule has 0 atom stereocenters. The highest BCUT2D eigenvalue weighted by Crippen LogP contribution is 1.97. The van der Waals surface area contributed by atoms with Crippen molar-refractivity contribution in [2.45, 2.75) is 0 Å². The Hall–Kier alpha value is -1.51. The second kappa shape index (κ2) is 2.87. The number of aromatic nitrogens is 1. The van der Waals surface area contributed by atoms with Crippen LogP contribution in [0.3, 0.4) is 0 Å². The number of oxime groups is 1. The lowest BCUT2D eigenvalue weighted by atomic mass is 10.5. The summed E-state index contributed by atoms with van der Waals surface area (Å²) in [6, 6.07) is 3.67. The van der Waals surface area contributed by atoms with Crippen LogP contribution in [0.2, 0.25) is 0 Å². The molecule has 1 N–H and O–H groups in total. The molecule has 1 heterocycles. The smallest absolute Gasteiger partial charge is 0.0901 e. The molecular weight excluding hydrogens is 128 g/mol. The van der Waals surface area contributed by atoms with Crippen LogP contribution < -0.4 is 0 Å². The average molecular weight is 136 g/mol. The van der Waals surface area contributed by atoms with Crippen molar-refractivity contribution in [3.63, 3.8) is 0 Å². The first kappa shape index (κ1) is 6.61. The highest BCUT2D eigenvalue weighted by molar-refractivity contribution is 5.78. The van der Waals surface area contributed by atoms with E-state index in [1.54, 1.807) is 10.8 Å². The van der Waals surface area contributed by atoms with Gasteiger partial charge in [-0.25, -0.2) is 0 Å². The van der Waals surface area contributed by atoms with E-state index >= 15 is 0 Å². The maximum Gasteiger partial charge on any atom is 0.0901 e. The summed E-state index contributed by atoms with van der Waals surface area (Å²) in [6.07, 6.45) is 4.81. The zero-order valence-corrected chi connectivity index (χ0v) is 5.44. The minimum atomic E-state index is 0.803. The molecule has 0 radical (unpaired) electrons. The van der Waals surface area contributed by atoms with Crippen molar-refractivity contribution in [2.75, 3.05) is 0 Å². The van der Waals surface area contributed by atoms with E-state index in [-0.39, 0.29) is 0 Å². The van der Waals surface area contributed by atoms with Crippen molar-refractivity contribution in [2.24, 2.45) is 5.16 Å². The summed E-state index contributed by atoms with van der Waals surface area (Å²) in [4.78, 5) is 0. The molecule has 0 fully saturated rings. The Balaban J connectivity index is 3.00. The summed E-state index contributed by atoms with van der Waals surface area (Å²) in [5.41, 5.74) is 0.803. The Bertz CT molecular complexity index is 250. The minimum Gasteiger partial charge on any atom is -0.411 e. The summed E-state index contributed by atoms with van der Waals surface area (Å²) in [7, 11) is 0. The first-order valence-corrected chi connectivity index (χ1v) is 2.85. The number of hydrogen-bond acceptors (Lipinski definition) is 2. The fraction of sp³-hybridized carbons (Fsp3) is 0. The third-order valence-corrected chi connectivity index (χ3v) is 1.20. The van der Waals surface area contributed by atoms with Gasteiger partial charge in [-0.1, -0.05) is 11.7 Å². The minimum absolute atomic E-state index is 0.803. The van der Waals surface area contributed by atoms with Crippen LogP contribution >= 0.6 is 0 Å². The summed E-state index contributed by atoms with van der Waals surface area (Å²) in [5.74, 6) is 0. The van der Waals surface area contributed by atoms with E-state index in [9.17, 15) is 0 Å². The van der Waals surface area contributed by atoms with Crippen molar-refractivity contribution in [3.05, 3.63) is 30.6 Å². The second-order valence-electron chi connectivity index (χ2n) is 1.77. The van der Waals surface area contributed by atoms with Crippen LogP contribution in [0.1, 0.15) is 5.69 Å². The Morgan fingerprint density at radius 2 is 2.50 bits per heavy atom. The molecule has 0 bridgehead atoms.